The molecule has 0 atom stereocenters. The van der Waals surface area contributed by atoms with Gasteiger partial charge < -0.3 is 14.8 Å². The Bertz CT molecular complexity index is 735. The molecule has 122 valence electrons. The van der Waals surface area contributed by atoms with Crippen LogP contribution in [0.5, 0.6) is 11.5 Å². The SMILES string of the molecule is COc1cc(C)ccc1OCC(=O)Nc1ccc(F)c(F)c1F. The zero-order chi connectivity index (χ0) is 17.0. The lowest BCUT2D eigenvalue weighted by molar-refractivity contribution is -0.118. The van der Waals surface area contributed by atoms with E-state index in [9.17, 15) is 18.0 Å². The van der Waals surface area contributed by atoms with Gasteiger partial charge in [-0.1, -0.05) is 6.07 Å². The third-order valence-electron chi connectivity index (χ3n) is 2.99. The molecular formula is C16H14F3NO3. The molecule has 2 aromatic rings. The molecule has 0 aliphatic rings. The molecule has 0 unspecified atom stereocenters. The van der Waals surface area contributed by atoms with Crippen LogP contribution in [0.3, 0.4) is 0 Å². The number of nitrogens with one attached hydrogen (secondary N) is 1. The zero-order valence-corrected chi connectivity index (χ0v) is 12.5. The quantitative estimate of drug-likeness (QED) is 0.857. The number of methoxy groups -OCH3 is 1. The highest BCUT2D eigenvalue weighted by atomic mass is 19.2. The fourth-order valence-corrected chi connectivity index (χ4v) is 1.85. The van der Waals surface area contributed by atoms with Gasteiger partial charge in [-0.25, -0.2) is 13.2 Å². The number of aryl methyl sites for hydroxylation is 1. The van der Waals surface area contributed by atoms with E-state index in [1.807, 2.05) is 6.92 Å². The number of hydrogen-bond acceptors (Lipinski definition) is 3. The van der Waals surface area contributed by atoms with Crippen LogP contribution in [-0.2, 0) is 4.79 Å². The Kier molecular flexibility index (Phi) is 5.10. The molecule has 0 aliphatic carbocycles. The van der Waals surface area contributed by atoms with E-state index in [-0.39, 0.29) is 0 Å². The van der Waals surface area contributed by atoms with Crippen molar-refractivity contribution in [1.82, 2.24) is 0 Å². The van der Waals surface area contributed by atoms with E-state index in [2.05, 4.69) is 5.32 Å². The van der Waals surface area contributed by atoms with Crippen LogP contribution in [0.1, 0.15) is 5.56 Å². The molecule has 7 heteroatoms. The maximum absolute atomic E-state index is 13.5. The lowest BCUT2D eigenvalue weighted by atomic mass is 10.2. The Hall–Kier alpha value is -2.70. The predicted molar refractivity (Wildman–Crippen MR) is 78.2 cm³/mol. The number of carbonyl (C=O) groups is 1. The van der Waals surface area contributed by atoms with E-state index in [0.29, 0.717) is 11.5 Å². The second kappa shape index (κ2) is 7.04. The van der Waals surface area contributed by atoms with Crippen molar-refractivity contribution in [2.75, 3.05) is 19.0 Å². The molecule has 23 heavy (non-hydrogen) atoms. The van der Waals surface area contributed by atoms with Crippen molar-refractivity contribution in [3.63, 3.8) is 0 Å². The van der Waals surface area contributed by atoms with Crippen molar-refractivity contribution in [2.45, 2.75) is 6.92 Å². The van der Waals surface area contributed by atoms with Gasteiger partial charge in [0, 0.05) is 0 Å². The molecule has 0 saturated carbocycles. The molecule has 0 aliphatic heterocycles. The van der Waals surface area contributed by atoms with Gasteiger partial charge in [0.1, 0.15) is 0 Å². The van der Waals surface area contributed by atoms with Crippen molar-refractivity contribution >= 4 is 11.6 Å². The predicted octanol–water partition coefficient (Wildman–Crippen LogP) is 3.44. The summed E-state index contributed by atoms with van der Waals surface area (Å²) < 4.78 is 49.8. The molecule has 2 rings (SSSR count). The van der Waals surface area contributed by atoms with Gasteiger partial charge in [-0.3, -0.25) is 4.79 Å². The van der Waals surface area contributed by atoms with E-state index in [0.717, 1.165) is 17.7 Å². The van der Waals surface area contributed by atoms with Crippen LogP contribution < -0.4 is 14.8 Å². The Morgan fingerprint density at radius 1 is 1.09 bits per heavy atom. The smallest absolute Gasteiger partial charge is 0.262 e. The summed E-state index contributed by atoms with van der Waals surface area (Å²) in [5.74, 6) is -4.40. The Morgan fingerprint density at radius 2 is 1.83 bits per heavy atom. The van der Waals surface area contributed by atoms with Gasteiger partial charge in [0.05, 0.1) is 12.8 Å². The minimum atomic E-state index is -1.65. The second-order valence-electron chi connectivity index (χ2n) is 4.71. The van der Waals surface area contributed by atoms with Crippen LogP contribution >= 0.6 is 0 Å². The van der Waals surface area contributed by atoms with Crippen LogP contribution in [-0.4, -0.2) is 19.6 Å². The number of ether oxygens (including phenoxy) is 2. The Morgan fingerprint density at radius 3 is 2.52 bits per heavy atom. The average Bonchev–Trinajstić information content (AvgIpc) is 2.54. The van der Waals surface area contributed by atoms with Gasteiger partial charge in [0.25, 0.3) is 5.91 Å². The van der Waals surface area contributed by atoms with Crippen LogP contribution in [0.4, 0.5) is 18.9 Å². The average molecular weight is 325 g/mol. The third-order valence-corrected chi connectivity index (χ3v) is 2.99. The van der Waals surface area contributed by atoms with E-state index < -0.39 is 35.7 Å². The minimum Gasteiger partial charge on any atom is -0.493 e. The molecule has 0 saturated heterocycles. The number of anilines is 1. The summed E-state index contributed by atoms with van der Waals surface area (Å²) in [6, 6.07) is 6.77. The molecule has 2 aromatic carbocycles. The Balaban J connectivity index is 2.02. The van der Waals surface area contributed by atoms with Gasteiger partial charge in [0.15, 0.2) is 35.6 Å². The number of hydrogen-bond donors (Lipinski definition) is 1. The molecule has 0 spiro atoms. The molecule has 1 N–H and O–H groups in total. The zero-order valence-electron chi connectivity index (χ0n) is 12.5. The van der Waals surface area contributed by atoms with Gasteiger partial charge in [-0.05, 0) is 36.8 Å². The van der Waals surface area contributed by atoms with E-state index in [1.165, 1.54) is 7.11 Å². The molecule has 0 aromatic heterocycles. The third kappa shape index (κ3) is 3.94. The van der Waals surface area contributed by atoms with Crippen LogP contribution in [0.25, 0.3) is 0 Å². The van der Waals surface area contributed by atoms with Crippen molar-refractivity contribution in [3.05, 3.63) is 53.3 Å². The maximum atomic E-state index is 13.5. The first-order valence-corrected chi connectivity index (χ1v) is 6.63. The van der Waals surface area contributed by atoms with Crippen molar-refractivity contribution in [3.8, 4) is 11.5 Å². The summed E-state index contributed by atoms with van der Waals surface area (Å²) in [6.45, 7) is 1.42. The summed E-state index contributed by atoms with van der Waals surface area (Å²) in [4.78, 5) is 11.7. The van der Waals surface area contributed by atoms with Crippen LogP contribution in [0, 0.1) is 24.4 Å². The number of carbonyl (C=O) groups excluding carboxylic acids is 1. The maximum Gasteiger partial charge on any atom is 0.262 e. The summed E-state index contributed by atoms with van der Waals surface area (Å²) in [6.07, 6.45) is 0. The fraction of sp³-hybridized carbons (Fsp3) is 0.188. The molecular weight excluding hydrogens is 311 g/mol. The molecule has 0 radical (unpaired) electrons. The standard InChI is InChI=1S/C16H14F3NO3/c1-9-3-6-12(13(7-9)22-2)23-8-14(21)20-11-5-4-10(17)15(18)16(11)19/h3-7H,8H2,1-2H3,(H,20,21). The van der Waals surface area contributed by atoms with Crippen LogP contribution in [0.15, 0.2) is 30.3 Å². The lowest BCUT2D eigenvalue weighted by Crippen LogP contribution is -2.21. The number of amides is 1. The first kappa shape index (κ1) is 16.7. The summed E-state index contributed by atoms with van der Waals surface area (Å²) in [5, 5.41) is 2.11. The van der Waals surface area contributed by atoms with Crippen molar-refractivity contribution in [2.24, 2.45) is 0 Å². The van der Waals surface area contributed by atoms with Gasteiger partial charge in [0.2, 0.25) is 0 Å². The first-order valence-electron chi connectivity index (χ1n) is 6.63. The van der Waals surface area contributed by atoms with E-state index in [1.54, 1.807) is 18.2 Å². The normalized spacial score (nSPS) is 10.3. The summed E-state index contributed by atoms with van der Waals surface area (Å²) in [7, 11) is 1.46. The second-order valence-corrected chi connectivity index (χ2v) is 4.71. The molecule has 0 heterocycles. The van der Waals surface area contributed by atoms with Gasteiger partial charge in [-0.15, -0.1) is 0 Å². The highest BCUT2D eigenvalue weighted by Crippen LogP contribution is 2.27. The topological polar surface area (TPSA) is 47.6 Å². The van der Waals surface area contributed by atoms with Crippen molar-refractivity contribution in [1.29, 1.82) is 0 Å². The fourth-order valence-electron chi connectivity index (χ4n) is 1.85. The molecule has 0 bridgehead atoms. The molecule has 0 fully saturated rings. The number of benzene rings is 2. The van der Waals surface area contributed by atoms with Gasteiger partial charge in [-0.2, -0.15) is 0 Å². The molecule has 1 amide bonds. The highest BCUT2D eigenvalue weighted by Gasteiger charge is 2.15. The molecule has 4 nitrogen and oxygen atoms in total. The first-order chi connectivity index (χ1) is 10.9. The Labute approximate surface area is 130 Å². The number of rotatable bonds is 5. The van der Waals surface area contributed by atoms with E-state index >= 15 is 0 Å². The lowest BCUT2D eigenvalue weighted by Gasteiger charge is -2.12. The monoisotopic (exact) mass is 325 g/mol. The van der Waals surface area contributed by atoms with Crippen LogP contribution in [0.2, 0.25) is 0 Å². The van der Waals surface area contributed by atoms with Crippen molar-refractivity contribution < 1.29 is 27.4 Å². The van der Waals surface area contributed by atoms with Gasteiger partial charge >= 0.3 is 0 Å². The highest BCUT2D eigenvalue weighted by molar-refractivity contribution is 5.92. The minimum absolute atomic E-state index is 0.332. The summed E-state index contributed by atoms with van der Waals surface area (Å²) >= 11 is 0. The number of halogens is 3. The van der Waals surface area contributed by atoms with E-state index in [4.69, 9.17) is 9.47 Å². The summed E-state index contributed by atoms with van der Waals surface area (Å²) in [5.41, 5.74) is 0.482. The largest absolute Gasteiger partial charge is 0.493 e.